The normalized spacial score (nSPS) is 22.1. The standard InChI is InChI=1S/C4H12B3N3/c1-4-10-6-8-5-9(3)7(10)2/h8H,4H2,1-3H3. The molecule has 6 heteroatoms. The van der Waals surface area contributed by atoms with Crippen LogP contribution in [-0.2, 0) is 0 Å². The van der Waals surface area contributed by atoms with Crippen LogP contribution in [0.3, 0.4) is 0 Å². The van der Waals surface area contributed by atoms with Crippen LogP contribution < -0.4 is 5.14 Å². The van der Waals surface area contributed by atoms with Crippen LogP contribution in [0.1, 0.15) is 6.92 Å². The summed E-state index contributed by atoms with van der Waals surface area (Å²) in [7, 11) is 6.04. The molecule has 0 aliphatic carbocycles. The van der Waals surface area contributed by atoms with Gasteiger partial charge in [0.25, 0.3) is 22.1 Å². The summed E-state index contributed by atoms with van der Waals surface area (Å²) in [6, 6.07) is 0. The van der Waals surface area contributed by atoms with Crippen LogP contribution in [0.2, 0.25) is 6.82 Å². The first-order valence-corrected chi connectivity index (χ1v) is 3.66. The molecule has 1 fully saturated rings. The molecule has 2 radical (unpaired) electrons. The molecule has 10 heavy (non-hydrogen) atoms. The predicted molar refractivity (Wildman–Crippen MR) is 46.4 cm³/mol. The van der Waals surface area contributed by atoms with Crippen LogP contribution in [0, 0.1) is 0 Å². The predicted octanol–water partition coefficient (Wildman–Crippen LogP) is -0.970. The maximum atomic E-state index is 3.07. The van der Waals surface area contributed by atoms with Crippen molar-refractivity contribution in [3.05, 3.63) is 0 Å². The first-order chi connectivity index (χ1) is 4.75. The smallest absolute Gasteiger partial charge is 0.287 e. The number of nitrogens with zero attached hydrogens (tertiary/aromatic N) is 2. The molecule has 1 aliphatic rings. The molecule has 0 aromatic heterocycles. The van der Waals surface area contributed by atoms with Gasteiger partial charge in [-0.1, -0.05) is 13.7 Å². The minimum absolute atomic E-state index is 0.478. The molecule has 0 aromatic carbocycles. The van der Waals surface area contributed by atoms with E-state index in [2.05, 4.69) is 35.4 Å². The lowest BCUT2D eigenvalue weighted by atomic mass is 9.62. The Balaban J connectivity index is 2.42. The van der Waals surface area contributed by atoms with Crippen molar-refractivity contribution < 1.29 is 0 Å². The van der Waals surface area contributed by atoms with Crippen molar-refractivity contribution in [1.29, 1.82) is 0 Å². The number of nitrogens with one attached hydrogen (secondary N) is 1. The van der Waals surface area contributed by atoms with Crippen LogP contribution in [0.15, 0.2) is 0 Å². The Morgan fingerprint density at radius 3 is 2.70 bits per heavy atom. The van der Waals surface area contributed by atoms with E-state index in [-0.39, 0.29) is 0 Å². The Morgan fingerprint density at radius 2 is 2.20 bits per heavy atom. The van der Waals surface area contributed by atoms with Gasteiger partial charge in [-0.3, -0.25) is 0 Å². The molecule has 0 atom stereocenters. The minimum atomic E-state index is 0.478. The molecule has 1 saturated heterocycles. The fraction of sp³-hybridized carbons (Fsp3) is 1.00. The molecule has 0 unspecified atom stereocenters. The second-order valence-electron chi connectivity index (χ2n) is 2.55. The zero-order chi connectivity index (χ0) is 7.56. The average Bonchev–Trinajstić information content (AvgIpc) is 1.95. The lowest BCUT2D eigenvalue weighted by Crippen LogP contribution is -2.64. The minimum Gasteiger partial charge on any atom is -0.379 e. The lowest BCUT2D eigenvalue weighted by molar-refractivity contribution is 0.603. The van der Waals surface area contributed by atoms with Crippen molar-refractivity contribution in [3.8, 4) is 0 Å². The van der Waals surface area contributed by atoms with Crippen LogP contribution in [0.25, 0.3) is 0 Å². The summed E-state index contributed by atoms with van der Waals surface area (Å²) in [6.45, 7) is 5.85. The molecule has 1 heterocycles. The van der Waals surface area contributed by atoms with Gasteiger partial charge in [0.15, 0.2) is 0 Å². The van der Waals surface area contributed by atoms with Crippen molar-refractivity contribution >= 4 is 22.1 Å². The van der Waals surface area contributed by atoms with Crippen molar-refractivity contribution in [1.82, 2.24) is 14.6 Å². The Kier molecular flexibility index (Phi) is 2.83. The molecule has 1 N–H and O–H groups in total. The van der Waals surface area contributed by atoms with Crippen LogP contribution in [0.4, 0.5) is 0 Å². The van der Waals surface area contributed by atoms with E-state index >= 15 is 0 Å². The molecule has 1 aliphatic heterocycles. The first-order valence-electron chi connectivity index (χ1n) is 3.66. The third-order valence-electron chi connectivity index (χ3n) is 1.95. The highest BCUT2D eigenvalue weighted by Gasteiger charge is 2.26. The fourth-order valence-corrected chi connectivity index (χ4v) is 1.05. The topological polar surface area (TPSA) is 18.5 Å². The van der Waals surface area contributed by atoms with Gasteiger partial charge in [-0.2, -0.15) is 0 Å². The monoisotopic (exact) mass is 135 g/mol. The highest BCUT2D eigenvalue weighted by atomic mass is 15.2. The molecular formula is C4H12B3N3. The van der Waals surface area contributed by atoms with Gasteiger partial charge in [0.05, 0.1) is 0 Å². The van der Waals surface area contributed by atoms with Crippen molar-refractivity contribution in [2.24, 2.45) is 0 Å². The molecule has 52 valence electrons. The molecule has 0 amide bonds. The molecule has 0 saturated carbocycles. The van der Waals surface area contributed by atoms with Crippen molar-refractivity contribution in [2.75, 3.05) is 13.6 Å². The number of hydrogen-bond acceptors (Lipinski definition) is 3. The van der Waals surface area contributed by atoms with E-state index in [9.17, 15) is 0 Å². The summed E-state index contributed by atoms with van der Waals surface area (Å²) in [5.74, 6) is 0. The van der Waals surface area contributed by atoms with Gasteiger partial charge in [-0.25, -0.2) is 0 Å². The zero-order valence-corrected chi connectivity index (χ0v) is 6.83. The van der Waals surface area contributed by atoms with Crippen LogP contribution in [-0.4, -0.2) is 45.1 Å². The Bertz CT molecular complexity index is 112. The van der Waals surface area contributed by atoms with Crippen molar-refractivity contribution in [3.63, 3.8) is 0 Å². The quantitative estimate of drug-likeness (QED) is 0.466. The fourth-order valence-electron chi connectivity index (χ4n) is 1.05. The average molecular weight is 135 g/mol. The van der Waals surface area contributed by atoms with Gasteiger partial charge in [0.1, 0.15) is 0 Å². The summed E-state index contributed by atoms with van der Waals surface area (Å²) in [4.78, 5) is 0. The van der Waals surface area contributed by atoms with Gasteiger partial charge in [-0.05, 0) is 13.6 Å². The SMILES string of the molecule is CCN1[B]N[B]N(C)B1C. The second kappa shape index (κ2) is 3.46. The Labute approximate surface area is 64.8 Å². The summed E-state index contributed by atoms with van der Waals surface area (Å²) in [5, 5.41) is 3.07. The molecule has 1 rings (SSSR count). The second-order valence-corrected chi connectivity index (χ2v) is 2.55. The third kappa shape index (κ3) is 1.56. The molecule has 0 spiro atoms. The zero-order valence-electron chi connectivity index (χ0n) is 6.83. The van der Waals surface area contributed by atoms with Gasteiger partial charge >= 0.3 is 0 Å². The van der Waals surface area contributed by atoms with Gasteiger partial charge < -0.3 is 14.6 Å². The highest BCUT2D eigenvalue weighted by Crippen LogP contribution is 1.98. The molecular weight excluding hydrogens is 123 g/mol. The Hall–Kier alpha value is 0.0748. The molecule has 3 nitrogen and oxygen atoms in total. The summed E-state index contributed by atoms with van der Waals surface area (Å²) < 4.78 is 4.38. The van der Waals surface area contributed by atoms with Gasteiger partial charge in [0.2, 0.25) is 0 Å². The van der Waals surface area contributed by atoms with Gasteiger partial charge in [0, 0.05) is 0 Å². The van der Waals surface area contributed by atoms with Gasteiger partial charge in [-0.15, -0.1) is 0 Å². The van der Waals surface area contributed by atoms with Crippen LogP contribution in [0.5, 0.6) is 0 Å². The van der Waals surface area contributed by atoms with E-state index in [1.165, 1.54) is 0 Å². The summed E-state index contributed by atoms with van der Waals surface area (Å²) in [6.07, 6.45) is 0. The number of rotatable bonds is 1. The Morgan fingerprint density at radius 1 is 1.50 bits per heavy atom. The van der Waals surface area contributed by atoms with E-state index in [1.807, 2.05) is 15.1 Å². The maximum Gasteiger partial charge on any atom is 0.287 e. The van der Waals surface area contributed by atoms with E-state index in [0.717, 1.165) is 6.54 Å². The molecule has 0 aromatic rings. The van der Waals surface area contributed by atoms with E-state index in [1.54, 1.807) is 0 Å². The third-order valence-corrected chi connectivity index (χ3v) is 1.95. The highest BCUT2D eigenvalue weighted by molar-refractivity contribution is 6.73. The van der Waals surface area contributed by atoms with Crippen LogP contribution >= 0.6 is 0 Å². The first kappa shape index (κ1) is 8.17. The maximum absolute atomic E-state index is 3.07. The largest absolute Gasteiger partial charge is 0.379 e. The summed E-state index contributed by atoms with van der Waals surface area (Å²) >= 11 is 0. The lowest BCUT2D eigenvalue weighted by Gasteiger charge is -2.36. The summed E-state index contributed by atoms with van der Waals surface area (Å²) in [5.41, 5.74) is 0. The van der Waals surface area contributed by atoms with Crippen molar-refractivity contribution in [2.45, 2.75) is 13.7 Å². The van der Waals surface area contributed by atoms with E-state index in [4.69, 9.17) is 0 Å². The number of hydrogen-bond donors (Lipinski definition) is 1. The van der Waals surface area contributed by atoms with E-state index in [0.29, 0.717) is 6.98 Å². The van der Waals surface area contributed by atoms with E-state index < -0.39 is 0 Å². The molecule has 0 bridgehead atoms.